The Morgan fingerprint density at radius 2 is 1.86 bits per heavy atom. The Kier molecular flexibility index (Phi) is 5.24. The van der Waals surface area contributed by atoms with Crippen LogP contribution in [0.5, 0.6) is 5.75 Å². The van der Waals surface area contributed by atoms with Crippen LogP contribution in [0.3, 0.4) is 0 Å². The predicted molar refractivity (Wildman–Crippen MR) is 111 cm³/mol. The van der Waals surface area contributed by atoms with Crippen molar-refractivity contribution in [2.24, 2.45) is 0 Å². The zero-order valence-electron chi connectivity index (χ0n) is 15.9. The van der Waals surface area contributed by atoms with E-state index in [4.69, 9.17) is 4.74 Å². The molecule has 0 saturated heterocycles. The van der Waals surface area contributed by atoms with Gasteiger partial charge in [0.15, 0.2) is 0 Å². The second-order valence-electron chi connectivity index (χ2n) is 6.75. The van der Waals surface area contributed by atoms with Crippen LogP contribution < -0.4 is 15.0 Å². The minimum Gasteiger partial charge on any atom is -0.494 e. The van der Waals surface area contributed by atoms with E-state index in [0.717, 1.165) is 30.9 Å². The lowest BCUT2D eigenvalue weighted by atomic mass is 10.00. The molecule has 1 aliphatic heterocycles. The molecule has 4 rings (SSSR count). The number of aromatic nitrogens is 1. The smallest absolute Gasteiger partial charge is 0.274 e. The summed E-state index contributed by atoms with van der Waals surface area (Å²) >= 11 is 0. The summed E-state index contributed by atoms with van der Waals surface area (Å²) < 4.78 is 5.41. The number of fused-ring (bicyclic) bond motifs is 1. The number of carbonyl (C=O) groups is 1. The van der Waals surface area contributed by atoms with Crippen molar-refractivity contribution in [2.45, 2.75) is 19.9 Å². The monoisotopic (exact) mass is 373 g/mol. The quantitative estimate of drug-likeness (QED) is 0.725. The number of carbonyl (C=O) groups excluding carboxylic acids is 1. The van der Waals surface area contributed by atoms with Crippen LogP contribution in [-0.4, -0.2) is 24.0 Å². The fourth-order valence-electron chi connectivity index (χ4n) is 3.42. The zero-order valence-corrected chi connectivity index (χ0v) is 15.9. The zero-order chi connectivity index (χ0) is 19.3. The largest absolute Gasteiger partial charge is 0.494 e. The van der Waals surface area contributed by atoms with E-state index >= 15 is 0 Å². The van der Waals surface area contributed by atoms with E-state index in [1.165, 1.54) is 11.1 Å². The molecule has 0 atom stereocenters. The molecule has 0 fully saturated rings. The maximum absolute atomic E-state index is 12.5. The highest BCUT2D eigenvalue weighted by atomic mass is 16.5. The number of amides is 1. The van der Waals surface area contributed by atoms with Gasteiger partial charge in [-0.2, -0.15) is 0 Å². The first-order valence-electron chi connectivity index (χ1n) is 9.55. The molecular weight excluding hydrogens is 350 g/mol. The van der Waals surface area contributed by atoms with Gasteiger partial charge in [-0.3, -0.25) is 4.79 Å². The van der Waals surface area contributed by atoms with Crippen LogP contribution in [0.1, 0.15) is 28.5 Å². The maximum Gasteiger partial charge on any atom is 0.274 e. The summed E-state index contributed by atoms with van der Waals surface area (Å²) in [5.41, 5.74) is 4.92. The third-order valence-corrected chi connectivity index (χ3v) is 4.90. The van der Waals surface area contributed by atoms with Gasteiger partial charge in [0.2, 0.25) is 0 Å². The summed E-state index contributed by atoms with van der Waals surface area (Å²) in [5.74, 6) is 0.561. The van der Waals surface area contributed by atoms with Gasteiger partial charge in [-0.1, -0.05) is 24.3 Å². The fourth-order valence-corrected chi connectivity index (χ4v) is 3.42. The molecule has 5 nitrogen and oxygen atoms in total. The van der Waals surface area contributed by atoms with Gasteiger partial charge in [0.05, 0.1) is 18.5 Å². The Bertz CT molecular complexity index is 952. The van der Waals surface area contributed by atoms with Crippen molar-refractivity contribution in [1.82, 2.24) is 4.98 Å². The number of rotatable bonds is 5. The third-order valence-electron chi connectivity index (χ3n) is 4.90. The fraction of sp³-hybridized carbons (Fsp3) is 0.217. The number of nitrogens with one attached hydrogen (secondary N) is 1. The van der Waals surface area contributed by atoms with E-state index in [1.54, 1.807) is 12.3 Å². The molecule has 2 aromatic carbocycles. The second kappa shape index (κ2) is 8.13. The average molecular weight is 373 g/mol. The summed E-state index contributed by atoms with van der Waals surface area (Å²) in [6.07, 6.45) is 2.80. The van der Waals surface area contributed by atoms with Gasteiger partial charge in [0.1, 0.15) is 11.4 Å². The summed E-state index contributed by atoms with van der Waals surface area (Å²) in [4.78, 5) is 19.1. The summed E-state index contributed by atoms with van der Waals surface area (Å²) in [5, 5.41) is 2.87. The highest BCUT2D eigenvalue weighted by Gasteiger charge is 2.17. The second-order valence-corrected chi connectivity index (χ2v) is 6.75. The molecule has 1 aliphatic rings. The molecule has 0 bridgehead atoms. The molecule has 1 N–H and O–H groups in total. The molecule has 0 unspecified atom stereocenters. The molecule has 3 aromatic rings. The number of hydrogen-bond donors (Lipinski definition) is 1. The number of anilines is 2. The number of ether oxygens (including phenoxy) is 1. The third kappa shape index (κ3) is 3.98. The van der Waals surface area contributed by atoms with Gasteiger partial charge in [0, 0.05) is 18.8 Å². The summed E-state index contributed by atoms with van der Waals surface area (Å²) in [6.45, 7) is 4.38. The Morgan fingerprint density at radius 3 is 2.57 bits per heavy atom. The van der Waals surface area contributed by atoms with Crippen LogP contribution in [0.25, 0.3) is 0 Å². The van der Waals surface area contributed by atoms with Gasteiger partial charge in [0.25, 0.3) is 5.91 Å². The van der Waals surface area contributed by atoms with E-state index in [9.17, 15) is 4.79 Å². The topological polar surface area (TPSA) is 54.5 Å². The SMILES string of the molecule is CCOc1ccc(NC(=O)c2ccc(N3CCc4ccccc4C3)cn2)cc1. The van der Waals surface area contributed by atoms with Crippen LogP contribution in [0, 0.1) is 0 Å². The van der Waals surface area contributed by atoms with Crippen LogP contribution in [0.2, 0.25) is 0 Å². The van der Waals surface area contributed by atoms with E-state index < -0.39 is 0 Å². The minimum atomic E-state index is -0.223. The molecule has 0 aliphatic carbocycles. The van der Waals surface area contributed by atoms with Crippen LogP contribution in [-0.2, 0) is 13.0 Å². The number of benzene rings is 2. The lowest BCUT2D eigenvalue weighted by Gasteiger charge is -2.30. The van der Waals surface area contributed by atoms with E-state index in [-0.39, 0.29) is 5.91 Å². The first-order chi connectivity index (χ1) is 13.7. The molecule has 142 valence electrons. The lowest BCUT2D eigenvalue weighted by Crippen LogP contribution is -2.30. The predicted octanol–water partition coefficient (Wildman–Crippen LogP) is 4.30. The van der Waals surface area contributed by atoms with Gasteiger partial charge in [-0.25, -0.2) is 4.98 Å². The first kappa shape index (κ1) is 18.0. The molecule has 5 heteroatoms. The van der Waals surface area contributed by atoms with Crippen molar-refractivity contribution >= 4 is 17.3 Å². The highest BCUT2D eigenvalue weighted by Crippen LogP contribution is 2.24. The molecule has 1 aromatic heterocycles. The number of nitrogens with zero attached hydrogens (tertiary/aromatic N) is 2. The lowest BCUT2D eigenvalue weighted by molar-refractivity contribution is 0.102. The van der Waals surface area contributed by atoms with Crippen LogP contribution >= 0.6 is 0 Å². The summed E-state index contributed by atoms with van der Waals surface area (Å²) in [6, 6.07) is 19.6. The number of hydrogen-bond acceptors (Lipinski definition) is 4. The molecule has 0 radical (unpaired) electrons. The first-order valence-corrected chi connectivity index (χ1v) is 9.55. The Labute approximate surface area is 165 Å². The van der Waals surface area contributed by atoms with E-state index in [0.29, 0.717) is 18.0 Å². The van der Waals surface area contributed by atoms with Gasteiger partial charge in [-0.05, 0) is 60.9 Å². The Morgan fingerprint density at radius 1 is 1.07 bits per heavy atom. The van der Waals surface area contributed by atoms with E-state index in [2.05, 4.69) is 39.5 Å². The standard InChI is InChI=1S/C23H23N3O2/c1-2-28-21-10-7-19(8-11-21)25-23(27)22-12-9-20(15-24-22)26-14-13-17-5-3-4-6-18(17)16-26/h3-12,15H,2,13-14,16H2,1H3,(H,25,27). The van der Waals surface area contributed by atoms with Crippen LogP contribution in [0.4, 0.5) is 11.4 Å². The molecule has 2 heterocycles. The molecule has 28 heavy (non-hydrogen) atoms. The van der Waals surface area contributed by atoms with Crippen molar-refractivity contribution < 1.29 is 9.53 Å². The van der Waals surface area contributed by atoms with Gasteiger partial charge in [-0.15, -0.1) is 0 Å². The minimum absolute atomic E-state index is 0.223. The van der Waals surface area contributed by atoms with Crippen molar-refractivity contribution in [3.63, 3.8) is 0 Å². The average Bonchev–Trinajstić information content (AvgIpc) is 2.75. The van der Waals surface area contributed by atoms with Crippen molar-refractivity contribution in [1.29, 1.82) is 0 Å². The van der Waals surface area contributed by atoms with Crippen LogP contribution in [0.15, 0.2) is 66.9 Å². The normalized spacial score (nSPS) is 13.0. The molecule has 1 amide bonds. The maximum atomic E-state index is 12.5. The van der Waals surface area contributed by atoms with Crippen molar-refractivity contribution in [3.8, 4) is 5.75 Å². The Balaban J connectivity index is 1.41. The van der Waals surface area contributed by atoms with Crippen molar-refractivity contribution in [3.05, 3.63) is 83.7 Å². The highest BCUT2D eigenvalue weighted by molar-refractivity contribution is 6.02. The summed E-state index contributed by atoms with van der Waals surface area (Å²) in [7, 11) is 0. The van der Waals surface area contributed by atoms with Crippen molar-refractivity contribution in [2.75, 3.05) is 23.4 Å². The van der Waals surface area contributed by atoms with Gasteiger partial charge >= 0.3 is 0 Å². The van der Waals surface area contributed by atoms with Gasteiger partial charge < -0.3 is 15.0 Å². The Hall–Kier alpha value is -3.34. The molecular formula is C23H23N3O2. The van der Waals surface area contributed by atoms with E-state index in [1.807, 2.05) is 37.3 Å². The number of pyridine rings is 1. The molecule has 0 spiro atoms. The molecule has 0 saturated carbocycles.